The van der Waals surface area contributed by atoms with E-state index in [1.54, 1.807) is 11.8 Å². The Morgan fingerprint density at radius 3 is 2.75 bits per heavy atom. The third-order valence-corrected chi connectivity index (χ3v) is 5.39. The second-order valence-electron chi connectivity index (χ2n) is 4.50. The molecular weight excluding hydrogens is 308 g/mol. The van der Waals surface area contributed by atoms with E-state index in [9.17, 15) is 4.79 Å². The van der Waals surface area contributed by atoms with Gasteiger partial charge in [-0.05, 0) is 31.2 Å². The van der Waals surface area contributed by atoms with Crippen LogP contribution in [-0.2, 0) is 4.79 Å². The van der Waals surface area contributed by atoms with Gasteiger partial charge in [0.1, 0.15) is 4.32 Å². The molecule has 1 fully saturated rings. The van der Waals surface area contributed by atoms with Crippen LogP contribution >= 0.6 is 35.7 Å². The van der Waals surface area contributed by atoms with Crippen LogP contribution in [0, 0.1) is 0 Å². The Hall–Kier alpha value is -0.720. The van der Waals surface area contributed by atoms with Crippen LogP contribution in [0.2, 0.25) is 0 Å². The maximum Gasteiger partial charge on any atom is 0.234 e. The first kappa shape index (κ1) is 15.7. The zero-order valence-electron chi connectivity index (χ0n) is 11.4. The van der Waals surface area contributed by atoms with Crippen molar-refractivity contribution in [3.63, 3.8) is 0 Å². The number of anilines is 1. The maximum atomic E-state index is 12.0. The summed E-state index contributed by atoms with van der Waals surface area (Å²) < 4.78 is 0.843. The molecule has 1 aromatic carbocycles. The van der Waals surface area contributed by atoms with Crippen LogP contribution in [-0.4, -0.2) is 40.2 Å². The van der Waals surface area contributed by atoms with Gasteiger partial charge in [0.25, 0.3) is 0 Å². The minimum atomic E-state index is -0.00181. The van der Waals surface area contributed by atoms with E-state index in [1.165, 1.54) is 24.6 Å². The summed E-state index contributed by atoms with van der Waals surface area (Å²) in [7, 11) is 0. The van der Waals surface area contributed by atoms with Crippen LogP contribution in [0.3, 0.4) is 0 Å². The van der Waals surface area contributed by atoms with Crippen LogP contribution in [0.4, 0.5) is 5.69 Å². The lowest BCUT2D eigenvalue weighted by molar-refractivity contribution is -0.113. The first-order chi connectivity index (χ1) is 9.70. The lowest BCUT2D eigenvalue weighted by Crippen LogP contribution is -2.25. The molecule has 0 spiro atoms. The van der Waals surface area contributed by atoms with E-state index < -0.39 is 0 Å². The van der Waals surface area contributed by atoms with E-state index in [0.29, 0.717) is 5.75 Å². The van der Waals surface area contributed by atoms with Gasteiger partial charge in [-0.2, -0.15) is 0 Å². The fourth-order valence-corrected chi connectivity index (χ4v) is 3.66. The average molecular weight is 327 g/mol. The molecule has 0 saturated carbocycles. The van der Waals surface area contributed by atoms with E-state index in [0.717, 1.165) is 28.0 Å². The molecule has 1 saturated heterocycles. The number of nitrogens with one attached hydrogen (secondary N) is 1. The number of hydrogen-bond donors (Lipinski definition) is 1. The second-order valence-corrected chi connectivity index (χ2v) is 6.95. The number of thiocarbonyl (C=S) groups is 1. The van der Waals surface area contributed by atoms with E-state index in [2.05, 4.69) is 10.2 Å². The molecule has 1 aromatic rings. The Morgan fingerprint density at radius 2 is 2.05 bits per heavy atom. The minimum Gasteiger partial charge on any atom is -0.358 e. The summed E-state index contributed by atoms with van der Waals surface area (Å²) in [6, 6.07) is 7.82. The Morgan fingerprint density at radius 1 is 1.35 bits per heavy atom. The number of thioether (sulfide) groups is 2. The zero-order valence-corrected chi connectivity index (χ0v) is 13.9. The summed E-state index contributed by atoms with van der Waals surface area (Å²) in [5, 5.41) is 2.95. The molecule has 2 rings (SSSR count). The van der Waals surface area contributed by atoms with Crippen LogP contribution in [0.25, 0.3) is 0 Å². The number of hydrogen-bond acceptors (Lipinski definition) is 4. The van der Waals surface area contributed by atoms with Crippen molar-refractivity contribution in [3.05, 3.63) is 24.3 Å². The van der Waals surface area contributed by atoms with Crippen molar-refractivity contribution in [2.24, 2.45) is 0 Å². The number of amides is 1. The molecular formula is C14H18N2OS3. The van der Waals surface area contributed by atoms with Crippen molar-refractivity contribution < 1.29 is 4.79 Å². The Kier molecular flexibility index (Phi) is 6.19. The molecule has 1 aliphatic heterocycles. The number of likely N-dealkylation sites (tertiary alicyclic amines) is 1. The summed E-state index contributed by atoms with van der Waals surface area (Å²) in [5.74, 6) is 0.371. The highest BCUT2D eigenvalue weighted by atomic mass is 32.2. The summed E-state index contributed by atoms with van der Waals surface area (Å²) in [5.41, 5.74) is 0.873. The van der Waals surface area contributed by atoms with E-state index in [1.807, 2.05) is 30.5 Å². The number of benzene rings is 1. The SMILES string of the molecule is CSc1ccccc1NC(=O)CSC(=S)N1CCCC1. The topological polar surface area (TPSA) is 32.3 Å². The molecule has 0 atom stereocenters. The number of rotatable bonds is 4. The van der Waals surface area contributed by atoms with Gasteiger partial charge in [-0.3, -0.25) is 4.79 Å². The van der Waals surface area contributed by atoms with E-state index in [-0.39, 0.29) is 5.91 Å². The highest BCUT2D eigenvalue weighted by Crippen LogP contribution is 2.25. The molecule has 1 heterocycles. The lowest BCUT2D eigenvalue weighted by Gasteiger charge is -2.17. The Balaban J connectivity index is 1.81. The zero-order chi connectivity index (χ0) is 14.4. The summed E-state index contributed by atoms with van der Waals surface area (Å²) in [6.45, 7) is 2.06. The number of para-hydroxylation sites is 1. The first-order valence-corrected chi connectivity index (χ1v) is 9.17. The van der Waals surface area contributed by atoms with Crippen molar-refractivity contribution in [1.29, 1.82) is 0 Å². The maximum absolute atomic E-state index is 12.0. The highest BCUT2D eigenvalue weighted by molar-refractivity contribution is 8.23. The number of carbonyl (C=O) groups excluding carboxylic acids is 1. The molecule has 20 heavy (non-hydrogen) atoms. The van der Waals surface area contributed by atoms with Gasteiger partial charge in [0.05, 0.1) is 11.4 Å². The normalized spacial score (nSPS) is 14.3. The predicted molar refractivity (Wildman–Crippen MR) is 92.7 cm³/mol. The standard InChI is InChI=1S/C14H18N2OS3/c1-19-12-7-3-2-6-11(12)15-13(17)10-20-14(18)16-8-4-5-9-16/h2-3,6-7H,4-5,8-10H2,1H3,(H,15,17). The van der Waals surface area contributed by atoms with Crippen molar-refractivity contribution in [1.82, 2.24) is 4.90 Å². The highest BCUT2D eigenvalue weighted by Gasteiger charge is 2.16. The quantitative estimate of drug-likeness (QED) is 0.677. The second kappa shape index (κ2) is 7.90. The Bertz CT molecular complexity index is 487. The fourth-order valence-electron chi connectivity index (χ4n) is 2.05. The lowest BCUT2D eigenvalue weighted by atomic mass is 10.3. The van der Waals surface area contributed by atoms with Gasteiger partial charge in [0.2, 0.25) is 5.91 Å². The van der Waals surface area contributed by atoms with Crippen molar-refractivity contribution in [2.75, 3.05) is 30.4 Å². The summed E-state index contributed by atoms with van der Waals surface area (Å²) >= 11 is 8.43. The van der Waals surface area contributed by atoms with Gasteiger partial charge >= 0.3 is 0 Å². The number of carbonyl (C=O) groups is 1. The molecule has 108 valence electrons. The van der Waals surface area contributed by atoms with Crippen molar-refractivity contribution in [2.45, 2.75) is 17.7 Å². The molecule has 6 heteroatoms. The Labute approximate surface area is 133 Å². The smallest absolute Gasteiger partial charge is 0.234 e. The molecule has 1 amide bonds. The van der Waals surface area contributed by atoms with E-state index in [4.69, 9.17) is 12.2 Å². The molecule has 1 N–H and O–H groups in total. The average Bonchev–Trinajstić information content (AvgIpc) is 2.99. The van der Waals surface area contributed by atoms with Crippen molar-refractivity contribution >= 4 is 51.7 Å². The number of nitrogens with zero attached hydrogens (tertiary/aromatic N) is 1. The third-order valence-electron chi connectivity index (χ3n) is 3.07. The van der Waals surface area contributed by atoms with Crippen LogP contribution in [0.5, 0.6) is 0 Å². The van der Waals surface area contributed by atoms with E-state index >= 15 is 0 Å². The molecule has 0 unspecified atom stereocenters. The molecule has 3 nitrogen and oxygen atoms in total. The van der Waals surface area contributed by atoms with Gasteiger partial charge in [-0.15, -0.1) is 11.8 Å². The van der Waals surface area contributed by atoms with Gasteiger partial charge in [0.15, 0.2) is 0 Å². The molecule has 0 aromatic heterocycles. The third kappa shape index (κ3) is 4.40. The van der Waals surface area contributed by atoms with Crippen LogP contribution < -0.4 is 5.32 Å². The van der Waals surface area contributed by atoms with Crippen LogP contribution in [0.15, 0.2) is 29.2 Å². The van der Waals surface area contributed by atoms with Gasteiger partial charge < -0.3 is 10.2 Å². The predicted octanol–water partition coefficient (Wildman–Crippen LogP) is 3.46. The fraction of sp³-hybridized carbons (Fsp3) is 0.429. The molecule has 0 aliphatic carbocycles. The minimum absolute atomic E-state index is 0.00181. The monoisotopic (exact) mass is 326 g/mol. The first-order valence-electron chi connectivity index (χ1n) is 6.55. The summed E-state index contributed by atoms with van der Waals surface area (Å²) in [4.78, 5) is 15.2. The van der Waals surface area contributed by atoms with Crippen LogP contribution in [0.1, 0.15) is 12.8 Å². The molecule has 1 aliphatic rings. The molecule has 0 bridgehead atoms. The molecule has 0 radical (unpaired) electrons. The van der Waals surface area contributed by atoms with Crippen molar-refractivity contribution in [3.8, 4) is 0 Å². The van der Waals surface area contributed by atoms with Gasteiger partial charge in [0, 0.05) is 18.0 Å². The summed E-state index contributed by atoms with van der Waals surface area (Å²) in [6.07, 6.45) is 4.41. The van der Waals surface area contributed by atoms with Gasteiger partial charge in [-0.25, -0.2) is 0 Å². The van der Waals surface area contributed by atoms with Gasteiger partial charge in [-0.1, -0.05) is 36.1 Å². The largest absolute Gasteiger partial charge is 0.358 e.